The molecule has 0 aliphatic carbocycles. The SMILES string of the molecule is CCOC(=O)c1ccc(NC(=O)/C(C#N)=C/c2cc(Cl)c(OCc3ccc(C)cc3)c(Cl)c2)cc1. The van der Waals surface area contributed by atoms with Crippen LogP contribution in [0.15, 0.2) is 66.2 Å². The minimum atomic E-state index is -0.622. The van der Waals surface area contributed by atoms with Gasteiger partial charge in [-0.15, -0.1) is 0 Å². The molecule has 0 heterocycles. The maximum atomic E-state index is 12.6. The van der Waals surface area contributed by atoms with Crippen molar-refractivity contribution in [2.24, 2.45) is 0 Å². The van der Waals surface area contributed by atoms with Crippen molar-refractivity contribution in [1.29, 1.82) is 5.26 Å². The number of nitrogens with zero attached hydrogens (tertiary/aromatic N) is 1. The number of amides is 1. The van der Waals surface area contributed by atoms with Crippen LogP contribution in [0.1, 0.15) is 34.0 Å². The molecule has 3 aromatic rings. The summed E-state index contributed by atoms with van der Waals surface area (Å²) in [7, 11) is 0. The average Bonchev–Trinajstić information content (AvgIpc) is 2.83. The van der Waals surface area contributed by atoms with Gasteiger partial charge in [-0.1, -0.05) is 53.0 Å². The van der Waals surface area contributed by atoms with Crippen LogP contribution in [-0.2, 0) is 16.1 Å². The first-order chi connectivity index (χ1) is 16.8. The number of hydrogen-bond donors (Lipinski definition) is 1. The highest BCUT2D eigenvalue weighted by molar-refractivity contribution is 6.37. The molecule has 0 fully saturated rings. The van der Waals surface area contributed by atoms with E-state index in [-0.39, 0.29) is 28.8 Å². The van der Waals surface area contributed by atoms with E-state index in [1.807, 2.05) is 37.3 Å². The molecule has 1 amide bonds. The molecule has 6 nitrogen and oxygen atoms in total. The molecule has 0 saturated carbocycles. The van der Waals surface area contributed by atoms with Crippen molar-refractivity contribution in [1.82, 2.24) is 0 Å². The van der Waals surface area contributed by atoms with E-state index in [1.165, 1.54) is 18.2 Å². The maximum absolute atomic E-state index is 12.6. The van der Waals surface area contributed by atoms with Gasteiger partial charge in [0.1, 0.15) is 18.2 Å². The molecule has 3 aromatic carbocycles. The van der Waals surface area contributed by atoms with Gasteiger partial charge in [-0.3, -0.25) is 4.79 Å². The first-order valence-corrected chi connectivity index (χ1v) is 11.4. The zero-order valence-electron chi connectivity index (χ0n) is 19.1. The van der Waals surface area contributed by atoms with Crippen molar-refractivity contribution in [3.05, 3.63) is 98.5 Å². The normalized spacial score (nSPS) is 10.9. The molecule has 0 aliphatic rings. The number of nitrogens with one attached hydrogen (secondary N) is 1. The fraction of sp³-hybridized carbons (Fsp3) is 0.148. The third-order valence-electron chi connectivity index (χ3n) is 4.85. The van der Waals surface area contributed by atoms with Gasteiger partial charge in [0.2, 0.25) is 0 Å². The summed E-state index contributed by atoms with van der Waals surface area (Å²) >= 11 is 12.7. The van der Waals surface area contributed by atoms with E-state index >= 15 is 0 Å². The van der Waals surface area contributed by atoms with Crippen LogP contribution in [0.25, 0.3) is 6.08 Å². The van der Waals surface area contributed by atoms with E-state index in [1.54, 1.807) is 31.2 Å². The lowest BCUT2D eigenvalue weighted by Gasteiger charge is -2.11. The Morgan fingerprint density at radius 1 is 1.03 bits per heavy atom. The van der Waals surface area contributed by atoms with E-state index in [4.69, 9.17) is 32.7 Å². The molecule has 0 unspecified atom stereocenters. The number of benzene rings is 3. The Labute approximate surface area is 213 Å². The number of ether oxygens (including phenoxy) is 2. The lowest BCUT2D eigenvalue weighted by Crippen LogP contribution is -2.13. The summed E-state index contributed by atoms with van der Waals surface area (Å²) in [5, 5.41) is 12.6. The van der Waals surface area contributed by atoms with Gasteiger partial charge in [-0.05, 0) is 67.4 Å². The highest BCUT2D eigenvalue weighted by Crippen LogP contribution is 2.35. The molecule has 1 N–H and O–H groups in total. The Hall–Kier alpha value is -3.79. The maximum Gasteiger partial charge on any atom is 0.338 e. The zero-order valence-corrected chi connectivity index (χ0v) is 20.6. The summed E-state index contributed by atoms with van der Waals surface area (Å²) < 4.78 is 10.7. The largest absolute Gasteiger partial charge is 0.486 e. The fourth-order valence-corrected chi connectivity index (χ4v) is 3.67. The molecule has 0 saturated heterocycles. The molecular formula is C27H22Cl2N2O4. The van der Waals surface area contributed by atoms with Crippen molar-refractivity contribution < 1.29 is 19.1 Å². The summed E-state index contributed by atoms with van der Waals surface area (Å²) in [4.78, 5) is 24.4. The summed E-state index contributed by atoms with van der Waals surface area (Å²) in [6, 6.07) is 19.0. The van der Waals surface area contributed by atoms with Crippen LogP contribution < -0.4 is 10.1 Å². The molecule has 178 valence electrons. The van der Waals surface area contributed by atoms with E-state index in [0.29, 0.717) is 22.6 Å². The predicted molar refractivity (Wildman–Crippen MR) is 137 cm³/mol. The van der Waals surface area contributed by atoms with Gasteiger partial charge < -0.3 is 14.8 Å². The Morgan fingerprint density at radius 2 is 1.66 bits per heavy atom. The number of anilines is 1. The smallest absolute Gasteiger partial charge is 0.338 e. The second-order valence-corrected chi connectivity index (χ2v) is 8.32. The number of esters is 1. The number of halogens is 2. The quantitative estimate of drug-likeness (QED) is 0.210. The number of rotatable bonds is 8. The third kappa shape index (κ3) is 7.10. The first-order valence-electron chi connectivity index (χ1n) is 10.7. The zero-order chi connectivity index (χ0) is 25.4. The van der Waals surface area contributed by atoms with E-state index in [9.17, 15) is 14.9 Å². The predicted octanol–water partition coefficient (Wildman–Crippen LogP) is 6.60. The van der Waals surface area contributed by atoms with Gasteiger partial charge >= 0.3 is 5.97 Å². The molecule has 0 radical (unpaired) electrons. The molecule has 0 spiro atoms. The van der Waals surface area contributed by atoms with Crippen LogP contribution in [0.3, 0.4) is 0 Å². The van der Waals surface area contributed by atoms with Gasteiger partial charge in [-0.25, -0.2) is 4.79 Å². The van der Waals surface area contributed by atoms with Gasteiger partial charge in [-0.2, -0.15) is 5.26 Å². The van der Waals surface area contributed by atoms with Gasteiger partial charge in [0.15, 0.2) is 5.75 Å². The molecule has 0 aromatic heterocycles. The summed E-state index contributed by atoms with van der Waals surface area (Å²) in [6.07, 6.45) is 1.38. The standard InChI is InChI=1S/C27H22Cl2N2O4/c1-3-34-27(33)20-8-10-22(11-9-20)31-26(32)21(15-30)12-19-13-23(28)25(24(29)14-19)35-16-18-6-4-17(2)5-7-18/h4-14H,3,16H2,1-2H3,(H,31,32)/b21-12+. The van der Waals surface area contributed by atoms with Crippen LogP contribution >= 0.6 is 23.2 Å². The number of nitriles is 1. The Bertz CT molecular complexity index is 1270. The minimum absolute atomic E-state index is 0.153. The Kier molecular flexibility index (Phi) is 8.91. The minimum Gasteiger partial charge on any atom is -0.486 e. The molecule has 3 rings (SSSR count). The molecule has 8 heteroatoms. The van der Waals surface area contributed by atoms with Crippen LogP contribution in [-0.4, -0.2) is 18.5 Å². The molecular weight excluding hydrogens is 487 g/mol. The van der Waals surface area contributed by atoms with E-state index in [2.05, 4.69) is 5.32 Å². The molecule has 0 bridgehead atoms. The van der Waals surface area contributed by atoms with Crippen molar-refractivity contribution in [2.45, 2.75) is 20.5 Å². The number of hydrogen-bond acceptors (Lipinski definition) is 5. The second kappa shape index (κ2) is 12.1. The second-order valence-electron chi connectivity index (χ2n) is 7.51. The van der Waals surface area contributed by atoms with E-state index < -0.39 is 11.9 Å². The topological polar surface area (TPSA) is 88.4 Å². The van der Waals surface area contributed by atoms with Crippen LogP contribution in [0.4, 0.5) is 5.69 Å². The lowest BCUT2D eigenvalue weighted by molar-refractivity contribution is -0.112. The molecule has 0 atom stereocenters. The van der Waals surface area contributed by atoms with Gasteiger partial charge in [0, 0.05) is 5.69 Å². The van der Waals surface area contributed by atoms with Crippen molar-refractivity contribution >= 4 is 46.8 Å². The molecule has 35 heavy (non-hydrogen) atoms. The van der Waals surface area contributed by atoms with Gasteiger partial charge in [0.05, 0.1) is 22.2 Å². The monoisotopic (exact) mass is 508 g/mol. The van der Waals surface area contributed by atoms with Crippen molar-refractivity contribution in [3.8, 4) is 11.8 Å². The molecule has 0 aliphatic heterocycles. The fourth-order valence-electron chi connectivity index (χ4n) is 3.06. The highest BCUT2D eigenvalue weighted by Gasteiger charge is 2.14. The Balaban J connectivity index is 1.71. The summed E-state index contributed by atoms with van der Waals surface area (Å²) in [5.74, 6) is -0.762. The highest BCUT2D eigenvalue weighted by atomic mass is 35.5. The third-order valence-corrected chi connectivity index (χ3v) is 5.42. The summed E-state index contributed by atoms with van der Waals surface area (Å²) in [6.45, 7) is 4.27. The van der Waals surface area contributed by atoms with Crippen LogP contribution in [0, 0.1) is 18.3 Å². The van der Waals surface area contributed by atoms with Crippen LogP contribution in [0.5, 0.6) is 5.75 Å². The van der Waals surface area contributed by atoms with Gasteiger partial charge in [0.25, 0.3) is 5.91 Å². The van der Waals surface area contributed by atoms with E-state index in [0.717, 1.165) is 11.1 Å². The average molecular weight is 509 g/mol. The summed E-state index contributed by atoms with van der Waals surface area (Å²) in [5.41, 5.74) is 3.19. The number of carbonyl (C=O) groups excluding carboxylic acids is 2. The first kappa shape index (κ1) is 25.8. The van der Waals surface area contributed by atoms with Crippen molar-refractivity contribution in [3.63, 3.8) is 0 Å². The van der Waals surface area contributed by atoms with Crippen molar-refractivity contribution in [2.75, 3.05) is 11.9 Å². The number of aryl methyl sites for hydroxylation is 1. The van der Waals surface area contributed by atoms with Crippen LogP contribution in [0.2, 0.25) is 10.0 Å². The lowest BCUT2D eigenvalue weighted by atomic mass is 10.1. The Morgan fingerprint density at radius 3 is 2.23 bits per heavy atom. The number of carbonyl (C=O) groups is 2.